The summed E-state index contributed by atoms with van der Waals surface area (Å²) in [6.45, 7) is 5.97. The number of piperazine rings is 1. The van der Waals surface area contributed by atoms with E-state index in [2.05, 4.69) is 14.9 Å². The fourth-order valence-electron chi connectivity index (χ4n) is 4.34. The number of benzene rings is 1. The lowest BCUT2D eigenvalue weighted by atomic mass is 9.97. The number of sulfonamides is 1. The number of amides is 1. The number of carbonyl (C=O) groups excluding carboxylic acids is 2. The molecule has 0 spiro atoms. The molecule has 3 heterocycles. The Bertz CT molecular complexity index is 1310. The van der Waals surface area contributed by atoms with Crippen molar-refractivity contribution < 1.29 is 45.8 Å². The maximum Gasteiger partial charge on any atom is 0.490 e. The number of carboxylic acid groups (broad SMARTS) is 1. The Balaban J connectivity index is 0.000000587. The summed E-state index contributed by atoms with van der Waals surface area (Å²) in [6, 6.07) is 8.38. The van der Waals surface area contributed by atoms with Crippen LogP contribution >= 0.6 is 11.3 Å². The van der Waals surface area contributed by atoms with Crippen LogP contribution in [0.25, 0.3) is 0 Å². The molecule has 0 saturated carbocycles. The molecule has 1 amide bonds. The van der Waals surface area contributed by atoms with Gasteiger partial charge in [-0.05, 0) is 49.4 Å². The molecule has 2 saturated heterocycles. The van der Waals surface area contributed by atoms with Crippen molar-refractivity contribution in [2.24, 2.45) is 5.92 Å². The van der Waals surface area contributed by atoms with Crippen molar-refractivity contribution in [3.63, 3.8) is 0 Å². The number of aliphatic carboxylic acids is 1. The summed E-state index contributed by atoms with van der Waals surface area (Å²) in [5, 5.41) is 12.1. The predicted octanol–water partition coefficient (Wildman–Crippen LogP) is 3.01. The lowest BCUT2D eigenvalue weighted by Crippen LogP contribution is -2.44. The number of ether oxygens (including phenoxy) is 1. The Morgan fingerprint density at radius 1 is 1.17 bits per heavy atom. The van der Waals surface area contributed by atoms with Crippen molar-refractivity contribution in [1.29, 1.82) is 0 Å². The number of carbonyl (C=O) groups is 3. The first kappa shape index (κ1) is 32.1. The van der Waals surface area contributed by atoms with Crippen LogP contribution in [0.5, 0.6) is 0 Å². The Morgan fingerprint density at radius 3 is 2.44 bits per heavy atom. The van der Waals surface area contributed by atoms with Crippen LogP contribution < -0.4 is 14.9 Å². The molecular weight excluding hydrogens is 589 g/mol. The molecule has 2 aromatic rings. The maximum atomic E-state index is 13.3. The van der Waals surface area contributed by atoms with Gasteiger partial charge in [0.25, 0.3) is 15.9 Å². The third-order valence-electron chi connectivity index (χ3n) is 6.28. The number of piperidine rings is 1. The van der Waals surface area contributed by atoms with E-state index in [0.717, 1.165) is 43.2 Å². The van der Waals surface area contributed by atoms with Gasteiger partial charge in [0.15, 0.2) is 0 Å². The molecule has 1 aromatic carbocycles. The third-order valence-corrected chi connectivity index (χ3v) is 9.04. The number of hydrogen-bond acceptors (Lipinski definition) is 9. The summed E-state index contributed by atoms with van der Waals surface area (Å²) in [4.78, 5) is 38.2. The highest BCUT2D eigenvalue weighted by molar-refractivity contribution is 7.94. The van der Waals surface area contributed by atoms with E-state index in [0.29, 0.717) is 43.8 Å². The zero-order valence-corrected chi connectivity index (χ0v) is 23.8. The lowest BCUT2D eigenvalue weighted by Gasteiger charge is -2.33. The van der Waals surface area contributed by atoms with Gasteiger partial charge in [-0.3, -0.25) is 14.3 Å². The van der Waals surface area contributed by atoms with Gasteiger partial charge >= 0.3 is 18.1 Å². The maximum absolute atomic E-state index is 13.3. The Morgan fingerprint density at radius 2 is 1.85 bits per heavy atom. The van der Waals surface area contributed by atoms with Gasteiger partial charge in [-0.15, -0.1) is 11.3 Å². The average molecular weight is 621 g/mol. The zero-order chi connectivity index (χ0) is 30.2. The van der Waals surface area contributed by atoms with E-state index in [1.807, 2.05) is 0 Å². The van der Waals surface area contributed by atoms with Gasteiger partial charge in [-0.2, -0.15) is 13.2 Å². The van der Waals surface area contributed by atoms with E-state index in [1.165, 1.54) is 0 Å². The Labute approximate surface area is 239 Å². The minimum absolute atomic E-state index is 0.212. The number of rotatable bonds is 7. The van der Waals surface area contributed by atoms with Crippen molar-refractivity contribution in [3.8, 4) is 0 Å². The van der Waals surface area contributed by atoms with Gasteiger partial charge in [-0.25, -0.2) is 13.2 Å². The minimum Gasteiger partial charge on any atom is -0.475 e. The predicted molar refractivity (Wildman–Crippen MR) is 146 cm³/mol. The van der Waals surface area contributed by atoms with Crippen molar-refractivity contribution in [2.75, 3.05) is 55.5 Å². The molecule has 1 aromatic heterocycles. The van der Waals surface area contributed by atoms with Gasteiger partial charge in [-0.1, -0.05) is 6.07 Å². The van der Waals surface area contributed by atoms with Gasteiger partial charge in [0.1, 0.15) is 4.21 Å². The topological polar surface area (TPSA) is 145 Å². The molecule has 0 radical (unpaired) electrons. The number of anilines is 2. The molecule has 0 aliphatic carbocycles. The number of nitrogens with one attached hydrogen (secondary N) is 2. The standard InChI is InChI=1S/C23H30N4O5S2.C2HF3O2/c1-2-32-23(29)18-5-3-11-27(16-18)22(28)17-7-8-20(26-12-9-24-10-13-26)19(15-17)25-34(30,31)21-6-4-14-33-21;3-2(4,5)1(6)7/h4,6-8,14-15,18,24-25H,2-3,5,9-13,16H2,1H3;(H,6,7). The SMILES string of the molecule is CCOC(=O)C1CCCN(C(=O)c2ccc(N3CCNCC3)c(NS(=O)(=O)c3cccs3)c2)C1.O=C(O)C(F)(F)F. The zero-order valence-electron chi connectivity index (χ0n) is 22.1. The molecule has 2 aliphatic heterocycles. The van der Waals surface area contributed by atoms with E-state index in [-0.39, 0.29) is 22.0 Å². The minimum atomic E-state index is -5.08. The van der Waals surface area contributed by atoms with Crippen molar-refractivity contribution in [2.45, 2.75) is 30.2 Å². The highest BCUT2D eigenvalue weighted by Crippen LogP contribution is 2.32. The second-order valence-corrected chi connectivity index (χ2v) is 12.0. The van der Waals surface area contributed by atoms with E-state index < -0.39 is 22.2 Å². The Hall–Kier alpha value is -3.37. The second kappa shape index (κ2) is 14.0. The molecule has 2 aliphatic rings. The lowest BCUT2D eigenvalue weighted by molar-refractivity contribution is -0.192. The first-order chi connectivity index (χ1) is 19.3. The summed E-state index contributed by atoms with van der Waals surface area (Å²) < 4.78 is 65.8. The smallest absolute Gasteiger partial charge is 0.475 e. The molecule has 226 valence electrons. The quantitative estimate of drug-likeness (QED) is 0.398. The molecule has 1 unspecified atom stereocenters. The average Bonchev–Trinajstić information content (AvgIpc) is 3.49. The van der Waals surface area contributed by atoms with Crippen LogP contribution in [0.3, 0.4) is 0 Å². The molecule has 4 rings (SSSR count). The monoisotopic (exact) mass is 620 g/mol. The highest BCUT2D eigenvalue weighted by atomic mass is 32.2. The second-order valence-electron chi connectivity index (χ2n) is 9.15. The number of thiophene rings is 1. The third kappa shape index (κ3) is 8.81. The van der Waals surface area contributed by atoms with Crippen LogP contribution in [0.2, 0.25) is 0 Å². The summed E-state index contributed by atoms with van der Waals surface area (Å²) >= 11 is 1.14. The van der Waals surface area contributed by atoms with E-state index in [9.17, 15) is 31.2 Å². The summed E-state index contributed by atoms with van der Waals surface area (Å²) in [5.74, 6) is -3.60. The van der Waals surface area contributed by atoms with Gasteiger partial charge in [0, 0.05) is 44.8 Å². The number of alkyl halides is 3. The number of halogens is 3. The highest BCUT2D eigenvalue weighted by Gasteiger charge is 2.38. The molecule has 3 N–H and O–H groups in total. The van der Waals surface area contributed by atoms with Crippen LogP contribution in [0.15, 0.2) is 39.9 Å². The van der Waals surface area contributed by atoms with Crippen molar-refractivity contribution >= 4 is 50.6 Å². The molecule has 2 fully saturated rings. The van der Waals surface area contributed by atoms with E-state index in [1.54, 1.807) is 47.5 Å². The van der Waals surface area contributed by atoms with Crippen LogP contribution in [0.1, 0.15) is 30.1 Å². The molecule has 16 heteroatoms. The van der Waals surface area contributed by atoms with Crippen LogP contribution in [0.4, 0.5) is 24.5 Å². The number of hydrogen-bond donors (Lipinski definition) is 3. The van der Waals surface area contributed by atoms with Crippen LogP contribution in [-0.4, -0.2) is 88.3 Å². The summed E-state index contributed by atoms with van der Waals surface area (Å²) in [6.07, 6.45) is -3.68. The Kier molecular flexibility index (Phi) is 11.0. The first-order valence-corrected chi connectivity index (χ1v) is 15.1. The van der Waals surface area contributed by atoms with Gasteiger partial charge < -0.3 is 25.0 Å². The number of carboxylic acids is 1. The van der Waals surface area contributed by atoms with E-state index >= 15 is 0 Å². The molecular formula is C25H31F3N4O7S2. The van der Waals surface area contributed by atoms with Crippen LogP contribution in [0, 0.1) is 5.92 Å². The largest absolute Gasteiger partial charge is 0.490 e. The van der Waals surface area contributed by atoms with Gasteiger partial charge in [0.05, 0.1) is 23.9 Å². The number of esters is 1. The van der Waals surface area contributed by atoms with Gasteiger partial charge in [0.2, 0.25) is 0 Å². The molecule has 11 nitrogen and oxygen atoms in total. The fourth-order valence-corrected chi connectivity index (χ4v) is 6.40. The fraction of sp³-hybridized carbons (Fsp3) is 0.480. The summed E-state index contributed by atoms with van der Waals surface area (Å²) in [7, 11) is -3.78. The van der Waals surface area contributed by atoms with Crippen molar-refractivity contribution in [1.82, 2.24) is 10.2 Å². The van der Waals surface area contributed by atoms with Crippen LogP contribution in [-0.2, 0) is 24.3 Å². The first-order valence-electron chi connectivity index (χ1n) is 12.8. The normalized spacial score (nSPS) is 17.7. The van der Waals surface area contributed by atoms with Crippen molar-refractivity contribution in [3.05, 3.63) is 41.3 Å². The number of likely N-dealkylation sites (tertiary alicyclic amines) is 1. The summed E-state index contributed by atoms with van der Waals surface area (Å²) in [5.41, 5.74) is 1.49. The molecule has 0 bridgehead atoms. The molecule has 1 atom stereocenters. The number of nitrogens with zero attached hydrogens (tertiary/aromatic N) is 2. The van der Waals surface area contributed by atoms with E-state index in [4.69, 9.17) is 14.6 Å². The molecule has 41 heavy (non-hydrogen) atoms.